The van der Waals surface area contributed by atoms with E-state index in [1.165, 1.54) is 19.5 Å². The summed E-state index contributed by atoms with van der Waals surface area (Å²) in [5.41, 5.74) is 0.750. The van der Waals surface area contributed by atoms with Crippen LogP contribution in [0.15, 0.2) is 0 Å². The zero-order chi connectivity index (χ0) is 4.91. The summed E-state index contributed by atoms with van der Waals surface area (Å²) in [6.45, 7) is 4.94. The Bertz CT molecular complexity index is 98.4. The Morgan fingerprint density at radius 1 is 1.71 bits per heavy atom. The monoisotopic (exact) mass is 97.1 g/mol. The van der Waals surface area contributed by atoms with Crippen molar-refractivity contribution in [3.63, 3.8) is 0 Å². The zero-order valence-electron chi connectivity index (χ0n) is 4.70. The SMILES string of the molecule is C[C@]12CNCC1C2. The molecule has 0 bridgehead atoms. The number of piperidine rings is 1. The molecule has 0 aromatic rings. The largest absolute Gasteiger partial charge is 0.316 e. The second-order valence-corrected chi connectivity index (χ2v) is 3.19. The van der Waals surface area contributed by atoms with Gasteiger partial charge in [0.25, 0.3) is 0 Å². The van der Waals surface area contributed by atoms with Crippen LogP contribution in [0, 0.1) is 11.3 Å². The third kappa shape index (κ3) is 0.367. The molecule has 1 N–H and O–H groups in total. The van der Waals surface area contributed by atoms with Crippen LogP contribution in [0.2, 0.25) is 0 Å². The van der Waals surface area contributed by atoms with E-state index < -0.39 is 0 Å². The van der Waals surface area contributed by atoms with Crippen LogP contribution in [-0.2, 0) is 0 Å². The predicted molar refractivity (Wildman–Crippen MR) is 29.1 cm³/mol. The molecule has 0 radical (unpaired) electrons. The molecule has 7 heavy (non-hydrogen) atoms. The van der Waals surface area contributed by atoms with Gasteiger partial charge in [-0.1, -0.05) is 6.92 Å². The smallest absolute Gasteiger partial charge is 0.000853 e. The Balaban J connectivity index is 2.17. The number of hydrogen-bond donors (Lipinski definition) is 1. The first kappa shape index (κ1) is 3.90. The van der Waals surface area contributed by atoms with Crippen molar-refractivity contribution < 1.29 is 0 Å². The molecule has 0 aromatic carbocycles. The average Bonchev–Trinajstić information content (AvgIpc) is 2.09. The maximum absolute atomic E-state index is 3.36. The van der Waals surface area contributed by atoms with Gasteiger partial charge in [-0.15, -0.1) is 0 Å². The summed E-state index contributed by atoms with van der Waals surface area (Å²) in [6.07, 6.45) is 1.49. The molecule has 1 unspecified atom stereocenters. The second kappa shape index (κ2) is 0.873. The van der Waals surface area contributed by atoms with Gasteiger partial charge in [0.2, 0.25) is 0 Å². The van der Waals surface area contributed by atoms with Crippen molar-refractivity contribution in [2.75, 3.05) is 13.1 Å². The van der Waals surface area contributed by atoms with Gasteiger partial charge >= 0.3 is 0 Å². The molecular weight excluding hydrogens is 86.1 g/mol. The van der Waals surface area contributed by atoms with Crippen molar-refractivity contribution in [2.24, 2.45) is 11.3 Å². The van der Waals surface area contributed by atoms with Crippen LogP contribution in [-0.4, -0.2) is 13.1 Å². The van der Waals surface area contributed by atoms with E-state index in [-0.39, 0.29) is 0 Å². The van der Waals surface area contributed by atoms with Crippen LogP contribution in [0.5, 0.6) is 0 Å². The van der Waals surface area contributed by atoms with E-state index in [1.54, 1.807) is 0 Å². The van der Waals surface area contributed by atoms with Crippen LogP contribution in [0.1, 0.15) is 13.3 Å². The van der Waals surface area contributed by atoms with E-state index in [0.29, 0.717) is 0 Å². The molecule has 0 spiro atoms. The van der Waals surface area contributed by atoms with Crippen LogP contribution < -0.4 is 5.32 Å². The van der Waals surface area contributed by atoms with Gasteiger partial charge in [0.1, 0.15) is 0 Å². The summed E-state index contributed by atoms with van der Waals surface area (Å²) in [5, 5.41) is 3.36. The van der Waals surface area contributed by atoms with Crippen molar-refractivity contribution in [1.29, 1.82) is 0 Å². The lowest BCUT2D eigenvalue weighted by molar-refractivity contribution is 0.576. The first-order valence-corrected chi connectivity index (χ1v) is 3.02. The molecule has 2 aliphatic rings. The lowest BCUT2D eigenvalue weighted by atomic mass is 10.1. The molecule has 2 atom stereocenters. The minimum atomic E-state index is 0.750. The third-order valence-electron chi connectivity index (χ3n) is 2.46. The van der Waals surface area contributed by atoms with Crippen molar-refractivity contribution in [1.82, 2.24) is 5.32 Å². The summed E-state index contributed by atoms with van der Waals surface area (Å²) >= 11 is 0. The Kier molecular flexibility index (Phi) is 0.487. The molecule has 1 aliphatic heterocycles. The van der Waals surface area contributed by atoms with Crippen LogP contribution in [0.3, 0.4) is 0 Å². The van der Waals surface area contributed by atoms with Crippen molar-refractivity contribution >= 4 is 0 Å². The molecule has 1 heterocycles. The summed E-state index contributed by atoms with van der Waals surface area (Å²) in [5.74, 6) is 1.05. The van der Waals surface area contributed by atoms with Crippen LogP contribution in [0.4, 0.5) is 0 Å². The van der Waals surface area contributed by atoms with Gasteiger partial charge in [0.15, 0.2) is 0 Å². The van der Waals surface area contributed by atoms with Crippen molar-refractivity contribution in [3.05, 3.63) is 0 Å². The second-order valence-electron chi connectivity index (χ2n) is 3.19. The summed E-state index contributed by atoms with van der Waals surface area (Å²) in [4.78, 5) is 0. The fourth-order valence-corrected chi connectivity index (χ4v) is 1.57. The van der Waals surface area contributed by atoms with E-state index >= 15 is 0 Å². The molecule has 0 amide bonds. The molecule has 1 aliphatic carbocycles. The number of hydrogen-bond acceptors (Lipinski definition) is 1. The molecule has 2 fully saturated rings. The number of nitrogens with one attached hydrogen (secondary N) is 1. The van der Waals surface area contributed by atoms with Gasteiger partial charge in [-0.25, -0.2) is 0 Å². The van der Waals surface area contributed by atoms with Crippen molar-refractivity contribution in [3.8, 4) is 0 Å². The number of fused-ring (bicyclic) bond motifs is 1. The predicted octanol–water partition coefficient (Wildman–Crippen LogP) is 0.616. The fraction of sp³-hybridized carbons (Fsp3) is 1.00. The zero-order valence-corrected chi connectivity index (χ0v) is 4.70. The van der Waals surface area contributed by atoms with Crippen LogP contribution >= 0.6 is 0 Å². The van der Waals surface area contributed by atoms with Gasteiger partial charge in [-0.2, -0.15) is 0 Å². The quantitative estimate of drug-likeness (QED) is 0.467. The maximum Gasteiger partial charge on any atom is 0.000853 e. The van der Waals surface area contributed by atoms with E-state index in [0.717, 1.165) is 11.3 Å². The highest BCUT2D eigenvalue weighted by molar-refractivity contribution is 5.05. The first-order valence-electron chi connectivity index (χ1n) is 3.02. The molecule has 1 nitrogen and oxygen atoms in total. The molecule has 40 valence electrons. The highest BCUT2D eigenvalue weighted by Gasteiger charge is 2.52. The molecule has 1 saturated heterocycles. The lowest BCUT2D eigenvalue weighted by Crippen LogP contribution is -2.13. The Morgan fingerprint density at radius 2 is 2.57 bits per heavy atom. The van der Waals surface area contributed by atoms with Gasteiger partial charge in [0, 0.05) is 6.54 Å². The van der Waals surface area contributed by atoms with E-state index in [4.69, 9.17) is 0 Å². The topological polar surface area (TPSA) is 12.0 Å². The van der Waals surface area contributed by atoms with E-state index in [9.17, 15) is 0 Å². The standard InChI is InChI=1S/C6H11N/c1-6-2-5(6)3-7-4-6/h5,7H,2-4H2,1H3/t5?,6-/m0/s1. The first-order chi connectivity index (χ1) is 3.31. The summed E-state index contributed by atoms with van der Waals surface area (Å²) in [7, 11) is 0. The number of rotatable bonds is 0. The van der Waals surface area contributed by atoms with E-state index in [2.05, 4.69) is 12.2 Å². The van der Waals surface area contributed by atoms with E-state index in [1.807, 2.05) is 0 Å². The Hall–Kier alpha value is -0.0400. The summed E-state index contributed by atoms with van der Waals surface area (Å²) in [6, 6.07) is 0. The van der Waals surface area contributed by atoms with Gasteiger partial charge in [-0.05, 0) is 24.3 Å². The lowest BCUT2D eigenvalue weighted by Gasteiger charge is -1.97. The highest BCUT2D eigenvalue weighted by Crippen LogP contribution is 2.54. The van der Waals surface area contributed by atoms with Gasteiger partial charge in [0.05, 0.1) is 0 Å². The normalized spacial score (nSPS) is 57.0. The molecule has 1 heteroatoms. The average molecular weight is 97.2 g/mol. The van der Waals surface area contributed by atoms with Crippen molar-refractivity contribution in [2.45, 2.75) is 13.3 Å². The van der Waals surface area contributed by atoms with Gasteiger partial charge < -0.3 is 5.32 Å². The molecule has 0 aromatic heterocycles. The maximum atomic E-state index is 3.36. The minimum Gasteiger partial charge on any atom is -0.316 e. The minimum absolute atomic E-state index is 0.750. The van der Waals surface area contributed by atoms with Crippen LogP contribution in [0.25, 0.3) is 0 Å². The molecule has 1 saturated carbocycles. The Morgan fingerprint density at radius 3 is 2.71 bits per heavy atom. The molecular formula is C6H11N. The Labute approximate surface area is 44.1 Å². The van der Waals surface area contributed by atoms with Gasteiger partial charge in [-0.3, -0.25) is 0 Å². The third-order valence-corrected chi connectivity index (χ3v) is 2.46. The fourth-order valence-electron chi connectivity index (χ4n) is 1.57. The highest BCUT2D eigenvalue weighted by atomic mass is 15.0. The summed E-state index contributed by atoms with van der Waals surface area (Å²) < 4.78 is 0. The molecule has 2 rings (SSSR count).